The largest absolute Gasteiger partial charge is 0.467 e. The highest BCUT2D eigenvalue weighted by atomic mass is 32.2. The van der Waals surface area contributed by atoms with Crippen molar-refractivity contribution in [1.82, 2.24) is 4.72 Å². The van der Waals surface area contributed by atoms with Crippen molar-refractivity contribution < 1.29 is 12.8 Å². The third-order valence-electron chi connectivity index (χ3n) is 3.56. The van der Waals surface area contributed by atoms with Crippen LogP contribution in [0.1, 0.15) is 22.9 Å². The average Bonchev–Trinajstić information content (AvgIpc) is 3.08. The molecule has 3 aromatic rings. The molecule has 0 saturated carbocycles. The summed E-state index contributed by atoms with van der Waals surface area (Å²) in [5.74, 6) is 0.548. The number of benzene rings is 2. The zero-order valence-corrected chi connectivity index (χ0v) is 13.5. The Hall–Kier alpha value is -2.37. The maximum absolute atomic E-state index is 12.7. The molecule has 0 spiro atoms. The second-order valence-electron chi connectivity index (χ2n) is 5.29. The first kappa shape index (κ1) is 15.5. The fraction of sp³-hybridized carbons (Fsp3) is 0.111. The summed E-state index contributed by atoms with van der Waals surface area (Å²) in [6, 6.07) is 19.0. The molecule has 0 aliphatic carbocycles. The Balaban J connectivity index is 1.97. The topological polar surface area (TPSA) is 59.3 Å². The first-order chi connectivity index (χ1) is 11.1. The standard InChI is InChI=1S/C18H17NO3S/c1-14-9-11-16(12-10-14)23(20,21)19-18(17-8-5-13-22-17)15-6-3-2-4-7-15/h2-13,18-19H,1H3/t18-/m0/s1. The molecule has 2 aromatic carbocycles. The molecule has 118 valence electrons. The van der Waals surface area contributed by atoms with E-state index in [0.717, 1.165) is 11.1 Å². The van der Waals surface area contributed by atoms with Gasteiger partial charge in [-0.2, -0.15) is 4.72 Å². The molecule has 0 aliphatic heterocycles. The van der Waals surface area contributed by atoms with Crippen LogP contribution in [0.15, 0.2) is 82.3 Å². The molecular formula is C18H17NO3S. The van der Waals surface area contributed by atoms with E-state index in [1.165, 1.54) is 6.26 Å². The number of nitrogens with one attached hydrogen (secondary N) is 1. The fourth-order valence-electron chi connectivity index (χ4n) is 2.33. The summed E-state index contributed by atoms with van der Waals surface area (Å²) in [6.45, 7) is 1.92. The van der Waals surface area contributed by atoms with Crippen LogP contribution in [0.2, 0.25) is 0 Å². The van der Waals surface area contributed by atoms with Gasteiger partial charge in [0.15, 0.2) is 0 Å². The normalized spacial score (nSPS) is 12.9. The lowest BCUT2D eigenvalue weighted by atomic mass is 10.1. The van der Waals surface area contributed by atoms with Crippen LogP contribution in [0.4, 0.5) is 0 Å². The maximum Gasteiger partial charge on any atom is 0.241 e. The minimum absolute atomic E-state index is 0.232. The Kier molecular flexibility index (Phi) is 4.32. The van der Waals surface area contributed by atoms with E-state index >= 15 is 0 Å². The van der Waals surface area contributed by atoms with Crippen LogP contribution in [0.3, 0.4) is 0 Å². The van der Waals surface area contributed by atoms with Crippen LogP contribution in [0.25, 0.3) is 0 Å². The number of furan rings is 1. The SMILES string of the molecule is Cc1ccc(S(=O)(=O)N[C@@H](c2ccccc2)c2ccco2)cc1. The molecular weight excluding hydrogens is 310 g/mol. The number of sulfonamides is 1. The van der Waals surface area contributed by atoms with Crippen LogP contribution in [0, 0.1) is 6.92 Å². The quantitative estimate of drug-likeness (QED) is 0.778. The lowest BCUT2D eigenvalue weighted by Crippen LogP contribution is -2.29. The summed E-state index contributed by atoms with van der Waals surface area (Å²) in [7, 11) is -3.66. The van der Waals surface area contributed by atoms with Crippen LogP contribution < -0.4 is 4.72 Å². The van der Waals surface area contributed by atoms with E-state index < -0.39 is 16.1 Å². The molecule has 23 heavy (non-hydrogen) atoms. The van der Waals surface area contributed by atoms with Gasteiger partial charge in [0.05, 0.1) is 11.2 Å². The highest BCUT2D eigenvalue weighted by Crippen LogP contribution is 2.25. The van der Waals surface area contributed by atoms with E-state index in [1.54, 1.807) is 36.4 Å². The van der Waals surface area contributed by atoms with Crippen LogP contribution in [-0.2, 0) is 10.0 Å². The summed E-state index contributed by atoms with van der Waals surface area (Å²) in [5, 5.41) is 0. The van der Waals surface area contributed by atoms with Gasteiger partial charge in [-0.1, -0.05) is 48.0 Å². The van der Waals surface area contributed by atoms with Crippen molar-refractivity contribution >= 4 is 10.0 Å². The summed E-state index contributed by atoms with van der Waals surface area (Å²) in [5.41, 5.74) is 1.83. The van der Waals surface area contributed by atoms with E-state index in [9.17, 15) is 8.42 Å². The molecule has 4 nitrogen and oxygen atoms in total. The van der Waals surface area contributed by atoms with Crippen molar-refractivity contribution in [3.63, 3.8) is 0 Å². The van der Waals surface area contributed by atoms with Crippen molar-refractivity contribution in [3.8, 4) is 0 Å². The summed E-state index contributed by atoms with van der Waals surface area (Å²) < 4.78 is 33.5. The smallest absolute Gasteiger partial charge is 0.241 e. The predicted octanol–water partition coefficient (Wildman–Crippen LogP) is 3.66. The number of hydrogen-bond acceptors (Lipinski definition) is 3. The number of hydrogen-bond donors (Lipinski definition) is 1. The van der Waals surface area contributed by atoms with Gasteiger partial charge in [0, 0.05) is 0 Å². The van der Waals surface area contributed by atoms with Crippen molar-refractivity contribution in [2.45, 2.75) is 17.9 Å². The fourth-order valence-corrected chi connectivity index (χ4v) is 3.53. The Morgan fingerprint density at radius 3 is 2.22 bits per heavy atom. The maximum atomic E-state index is 12.7. The second kappa shape index (κ2) is 6.40. The third kappa shape index (κ3) is 3.52. The highest BCUT2D eigenvalue weighted by Gasteiger charge is 2.24. The van der Waals surface area contributed by atoms with Gasteiger partial charge in [-0.25, -0.2) is 8.42 Å². The molecule has 0 saturated heterocycles. The minimum Gasteiger partial charge on any atom is -0.467 e. The predicted molar refractivity (Wildman–Crippen MR) is 88.5 cm³/mol. The van der Waals surface area contributed by atoms with Crippen LogP contribution >= 0.6 is 0 Å². The van der Waals surface area contributed by atoms with Gasteiger partial charge in [0.1, 0.15) is 11.8 Å². The van der Waals surface area contributed by atoms with Crippen LogP contribution in [0.5, 0.6) is 0 Å². The lowest BCUT2D eigenvalue weighted by molar-refractivity contribution is 0.471. The van der Waals surface area contributed by atoms with Crippen molar-refractivity contribution in [3.05, 3.63) is 89.9 Å². The monoisotopic (exact) mass is 327 g/mol. The van der Waals surface area contributed by atoms with E-state index in [1.807, 2.05) is 37.3 Å². The molecule has 3 rings (SSSR count). The number of rotatable bonds is 5. The highest BCUT2D eigenvalue weighted by molar-refractivity contribution is 7.89. The van der Waals surface area contributed by atoms with Gasteiger partial charge in [0.2, 0.25) is 10.0 Å². The summed E-state index contributed by atoms with van der Waals surface area (Å²) >= 11 is 0. The average molecular weight is 327 g/mol. The summed E-state index contributed by atoms with van der Waals surface area (Å²) in [4.78, 5) is 0.232. The molecule has 0 radical (unpaired) electrons. The van der Waals surface area contributed by atoms with E-state index in [-0.39, 0.29) is 4.90 Å². The van der Waals surface area contributed by atoms with Gasteiger partial charge >= 0.3 is 0 Å². The van der Waals surface area contributed by atoms with Crippen molar-refractivity contribution in [1.29, 1.82) is 0 Å². The zero-order valence-electron chi connectivity index (χ0n) is 12.6. The Labute approximate surface area is 135 Å². The van der Waals surface area contributed by atoms with Gasteiger partial charge in [-0.3, -0.25) is 0 Å². The lowest BCUT2D eigenvalue weighted by Gasteiger charge is -2.17. The molecule has 1 atom stereocenters. The molecule has 5 heteroatoms. The second-order valence-corrected chi connectivity index (χ2v) is 7.01. The molecule has 0 aliphatic rings. The molecule has 1 N–H and O–H groups in total. The summed E-state index contributed by atoms with van der Waals surface area (Å²) in [6.07, 6.45) is 1.53. The van der Waals surface area contributed by atoms with Gasteiger partial charge in [-0.05, 0) is 36.8 Å². The van der Waals surface area contributed by atoms with Gasteiger partial charge in [0.25, 0.3) is 0 Å². The molecule has 1 aromatic heterocycles. The van der Waals surface area contributed by atoms with Crippen molar-refractivity contribution in [2.75, 3.05) is 0 Å². The first-order valence-corrected chi connectivity index (χ1v) is 8.72. The Morgan fingerprint density at radius 2 is 1.61 bits per heavy atom. The molecule has 0 bridgehead atoms. The van der Waals surface area contributed by atoms with Crippen molar-refractivity contribution in [2.24, 2.45) is 0 Å². The van der Waals surface area contributed by atoms with E-state index in [0.29, 0.717) is 5.76 Å². The molecule has 1 heterocycles. The molecule has 0 fully saturated rings. The molecule has 0 unspecified atom stereocenters. The first-order valence-electron chi connectivity index (χ1n) is 7.23. The number of aryl methyl sites for hydroxylation is 1. The Morgan fingerprint density at radius 1 is 0.913 bits per heavy atom. The van der Waals surface area contributed by atoms with E-state index in [2.05, 4.69) is 4.72 Å². The van der Waals surface area contributed by atoms with Gasteiger partial charge in [-0.15, -0.1) is 0 Å². The molecule has 0 amide bonds. The van der Waals surface area contributed by atoms with Gasteiger partial charge < -0.3 is 4.42 Å². The third-order valence-corrected chi connectivity index (χ3v) is 5.00. The zero-order chi connectivity index (χ0) is 16.3. The minimum atomic E-state index is -3.66. The van der Waals surface area contributed by atoms with E-state index in [4.69, 9.17) is 4.42 Å². The van der Waals surface area contributed by atoms with Crippen LogP contribution in [-0.4, -0.2) is 8.42 Å². The Bertz CT molecular complexity index is 854.